The van der Waals surface area contributed by atoms with Gasteiger partial charge in [-0.25, -0.2) is 4.98 Å². The highest BCUT2D eigenvalue weighted by molar-refractivity contribution is 5.83. The number of H-pyrrole nitrogens is 2. The topological polar surface area (TPSA) is 90.1 Å². The number of nitrogens with one attached hydrogen (secondary N) is 2. The summed E-state index contributed by atoms with van der Waals surface area (Å²) in [6.07, 6.45) is 0. The third-order valence-corrected chi connectivity index (χ3v) is 6.43. The zero-order chi connectivity index (χ0) is 23.9. The van der Waals surface area contributed by atoms with Gasteiger partial charge in [0.1, 0.15) is 18.0 Å². The summed E-state index contributed by atoms with van der Waals surface area (Å²) in [5.74, 6) is 1.30. The first kappa shape index (κ1) is 21.0. The van der Waals surface area contributed by atoms with Crippen LogP contribution in [0.25, 0.3) is 33.8 Å². The monoisotopic (exact) mass is 463 g/mol. The van der Waals surface area contributed by atoms with Crippen LogP contribution in [0.1, 0.15) is 22.3 Å². The molecule has 2 aromatic heterocycles. The van der Waals surface area contributed by atoms with Gasteiger partial charge in [-0.3, -0.25) is 5.10 Å². The number of benzene rings is 3. The molecule has 0 unspecified atom stereocenters. The zero-order valence-electron chi connectivity index (χ0n) is 19.4. The number of hydrogen-bond acceptors (Lipinski definition) is 5. The lowest BCUT2D eigenvalue weighted by Crippen LogP contribution is -2.17. The fraction of sp³-hybridized carbons (Fsp3) is 0.143. The van der Waals surface area contributed by atoms with Crippen LogP contribution >= 0.6 is 0 Å². The lowest BCUT2D eigenvalue weighted by molar-refractivity contribution is 0.102. The van der Waals surface area contributed by atoms with Crippen LogP contribution in [0, 0.1) is 6.92 Å². The number of aromatic hydroxyl groups is 1. The van der Waals surface area contributed by atoms with Crippen molar-refractivity contribution in [2.24, 2.45) is 0 Å². The van der Waals surface area contributed by atoms with Gasteiger partial charge >= 0.3 is 0 Å². The Morgan fingerprint density at radius 1 is 1.06 bits per heavy atom. The third kappa shape index (κ3) is 3.91. The van der Waals surface area contributed by atoms with Gasteiger partial charge in [-0.05, 0) is 42.3 Å². The van der Waals surface area contributed by atoms with E-state index in [1.165, 1.54) is 11.1 Å². The van der Waals surface area contributed by atoms with Gasteiger partial charge in [-0.1, -0.05) is 60.2 Å². The molecule has 174 valence electrons. The first-order chi connectivity index (χ1) is 17.0. The van der Waals surface area contributed by atoms with Crippen LogP contribution in [-0.4, -0.2) is 30.2 Å². The molecule has 0 bridgehead atoms. The van der Waals surface area contributed by atoms with Gasteiger partial charge in [-0.2, -0.15) is 5.10 Å². The summed E-state index contributed by atoms with van der Waals surface area (Å²) in [6.45, 7) is 8.09. The van der Waals surface area contributed by atoms with Gasteiger partial charge in [0.25, 0.3) is 0 Å². The number of imidazole rings is 1. The van der Waals surface area contributed by atoms with Gasteiger partial charge in [0.2, 0.25) is 0 Å². The van der Waals surface area contributed by atoms with E-state index >= 15 is 0 Å². The van der Waals surface area contributed by atoms with Crippen molar-refractivity contribution in [2.45, 2.75) is 26.6 Å². The number of aryl methyl sites for hydroxylation is 1. The summed E-state index contributed by atoms with van der Waals surface area (Å²) in [5.41, 5.74) is 8.22. The highest BCUT2D eigenvalue weighted by Crippen LogP contribution is 2.36. The summed E-state index contributed by atoms with van der Waals surface area (Å²) < 4.78 is 5.93. The Balaban J connectivity index is 1.21. The second kappa shape index (κ2) is 8.36. The number of rotatable bonds is 6. The van der Waals surface area contributed by atoms with Gasteiger partial charge < -0.3 is 19.7 Å². The molecule has 7 heteroatoms. The highest BCUT2D eigenvalue weighted by Gasteiger charge is 2.24. The Labute approximate surface area is 202 Å². The Hall–Kier alpha value is -4.52. The lowest BCUT2D eigenvalue weighted by atomic mass is 10.1. The minimum atomic E-state index is 0.0819. The normalized spacial score (nSPS) is 12.8. The smallest absolute Gasteiger partial charge is 0.182 e. The number of nitrogens with zero attached hydrogens (tertiary/aromatic N) is 3. The average molecular weight is 464 g/mol. The van der Waals surface area contributed by atoms with E-state index in [1.54, 1.807) is 0 Å². The molecular weight excluding hydrogens is 438 g/mol. The molecule has 5 aromatic rings. The van der Waals surface area contributed by atoms with Gasteiger partial charge in [0.15, 0.2) is 17.5 Å². The molecule has 1 aliphatic heterocycles. The second-order valence-electron chi connectivity index (χ2n) is 8.91. The minimum Gasteiger partial charge on any atom is -0.504 e. The van der Waals surface area contributed by atoms with Crippen LogP contribution < -0.4 is 0 Å². The summed E-state index contributed by atoms with van der Waals surface area (Å²) in [7, 11) is 0. The van der Waals surface area contributed by atoms with Crippen molar-refractivity contribution in [3.05, 3.63) is 101 Å². The van der Waals surface area contributed by atoms with Crippen LogP contribution in [0.15, 0.2) is 79.2 Å². The molecule has 35 heavy (non-hydrogen) atoms. The maximum atomic E-state index is 10.8. The van der Waals surface area contributed by atoms with Crippen LogP contribution in [-0.2, 0) is 24.4 Å². The van der Waals surface area contributed by atoms with E-state index in [9.17, 15) is 5.11 Å². The maximum Gasteiger partial charge on any atom is 0.182 e. The van der Waals surface area contributed by atoms with Crippen molar-refractivity contribution < 1.29 is 9.84 Å². The molecule has 0 amide bonds. The summed E-state index contributed by atoms with van der Waals surface area (Å²) in [6, 6.07) is 22.2. The highest BCUT2D eigenvalue weighted by atomic mass is 16.5. The predicted molar refractivity (Wildman–Crippen MR) is 135 cm³/mol. The van der Waals surface area contributed by atoms with Gasteiger partial charge in [-0.15, -0.1) is 0 Å². The van der Waals surface area contributed by atoms with Crippen molar-refractivity contribution in [1.29, 1.82) is 0 Å². The molecule has 1 aliphatic rings. The van der Waals surface area contributed by atoms with Gasteiger partial charge in [0.05, 0.1) is 11.0 Å². The molecule has 0 spiro atoms. The fourth-order valence-electron chi connectivity index (χ4n) is 4.45. The molecule has 0 saturated carbocycles. The average Bonchev–Trinajstić information content (AvgIpc) is 3.58. The van der Waals surface area contributed by atoms with E-state index in [4.69, 9.17) is 9.72 Å². The molecule has 0 fully saturated rings. The van der Waals surface area contributed by atoms with E-state index in [2.05, 4.69) is 38.8 Å². The number of hydrogen-bond donors (Lipinski definition) is 3. The molecule has 6 rings (SSSR count). The van der Waals surface area contributed by atoms with E-state index in [0.717, 1.165) is 34.3 Å². The van der Waals surface area contributed by atoms with Crippen LogP contribution in [0.5, 0.6) is 5.75 Å². The molecule has 0 saturated heterocycles. The van der Waals surface area contributed by atoms with Crippen molar-refractivity contribution >= 4 is 11.0 Å². The molecule has 0 radical (unpaired) electrons. The molecule has 3 heterocycles. The largest absolute Gasteiger partial charge is 0.504 e. The Bertz CT molecular complexity index is 1490. The fourth-order valence-corrected chi connectivity index (χ4v) is 4.45. The standard InChI is InChI=1S/C28H25N5O2/c1-17-8-10-20(11-9-17)25-27(34)26(32-31-25)28-29-23-12-21-14-33(15-22(21)13-24(23)30-28)18(2)35-16-19-6-4-3-5-7-19/h3-13,34H,2,14-16H2,1H3,(H,29,30)(H,31,32). The summed E-state index contributed by atoms with van der Waals surface area (Å²) in [5, 5.41) is 18.1. The quantitative estimate of drug-likeness (QED) is 0.284. The van der Waals surface area contributed by atoms with E-state index < -0.39 is 0 Å². The van der Waals surface area contributed by atoms with E-state index in [0.29, 0.717) is 36.2 Å². The molecule has 3 N–H and O–H groups in total. The number of ether oxygens (including phenoxy) is 1. The summed E-state index contributed by atoms with van der Waals surface area (Å²) >= 11 is 0. The van der Waals surface area contributed by atoms with Gasteiger partial charge in [0, 0.05) is 18.7 Å². The lowest BCUT2D eigenvalue weighted by Gasteiger charge is -2.20. The van der Waals surface area contributed by atoms with Crippen LogP contribution in [0.2, 0.25) is 0 Å². The molecule has 7 nitrogen and oxygen atoms in total. The first-order valence-corrected chi connectivity index (χ1v) is 11.5. The zero-order valence-corrected chi connectivity index (χ0v) is 19.4. The Morgan fingerprint density at radius 2 is 1.80 bits per heavy atom. The Kier molecular flexibility index (Phi) is 5.03. The minimum absolute atomic E-state index is 0.0819. The predicted octanol–water partition coefficient (Wildman–Crippen LogP) is 5.64. The van der Waals surface area contributed by atoms with Crippen molar-refractivity contribution in [1.82, 2.24) is 25.1 Å². The number of fused-ring (bicyclic) bond motifs is 2. The Morgan fingerprint density at radius 3 is 2.57 bits per heavy atom. The number of aromatic amines is 2. The van der Waals surface area contributed by atoms with Crippen molar-refractivity contribution in [2.75, 3.05) is 0 Å². The second-order valence-corrected chi connectivity index (χ2v) is 8.91. The molecule has 3 aromatic carbocycles. The third-order valence-electron chi connectivity index (χ3n) is 6.43. The molecular formula is C28H25N5O2. The molecule has 0 atom stereocenters. The van der Waals surface area contributed by atoms with Crippen LogP contribution in [0.3, 0.4) is 0 Å². The van der Waals surface area contributed by atoms with E-state index in [1.807, 2.05) is 61.5 Å². The molecule has 0 aliphatic carbocycles. The SMILES string of the molecule is C=C(OCc1ccccc1)N1Cc2cc3nc(-c4[nH]nc(-c5ccc(C)cc5)c4O)[nH]c3cc2C1. The number of aromatic nitrogens is 4. The van der Waals surface area contributed by atoms with Crippen molar-refractivity contribution in [3.8, 4) is 28.5 Å². The summed E-state index contributed by atoms with van der Waals surface area (Å²) in [4.78, 5) is 10.2. The van der Waals surface area contributed by atoms with Crippen molar-refractivity contribution in [3.63, 3.8) is 0 Å². The first-order valence-electron chi connectivity index (χ1n) is 11.5. The van der Waals surface area contributed by atoms with E-state index in [-0.39, 0.29) is 5.75 Å². The van der Waals surface area contributed by atoms with Crippen LogP contribution in [0.4, 0.5) is 0 Å². The maximum absolute atomic E-state index is 10.8.